The molecule has 1 aliphatic heterocycles. The molecular weight excluding hydrogens is 240 g/mol. The number of nitrogens with two attached hydrogens (primary N) is 1. The van der Waals surface area contributed by atoms with E-state index in [2.05, 4.69) is 21.7 Å². The van der Waals surface area contributed by atoms with Gasteiger partial charge in [-0.05, 0) is 60.7 Å². The second kappa shape index (κ2) is 7.28. The highest BCUT2D eigenvalue weighted by molar-refractivity contribution is 7.07. The van der Waals surface area contributed by atoms with Crippen molar-refractivity contribution in [3.63, 3.8) is 0 Å². The van der Waals surface area contributed by atoms with Gasteiger partial charge in [0.25, 0.3) is 0 Å². The highest BCUT2D eigenvalue weighted by atomic mass is 35.5. The lowest BCUT2D eigenvalue weighted by Crippen LogP contribution is -2.35. The Kier molecular flexibility index (Phi) is 6.36. The average molecular weight is 261 g/mol. The van der Waals surface area contributed by atoms with Crippen LogP contribution in [0.5, 0.6) is 0 Å². The molecule has 1 fully saturated rings. The molecule has 2 N–H and O–H groups in total. The van der Waals surface area contributed by atoms with E-state index in [0.29, 0.717) is 0 Å². The van der Waals surface area contributed by atoms with E-state index in [9.17, 15) is 0 Å². The number of rotatable bonds is 4. The summed E-state index contributed by atoms with van der Waals surface area (Å²) in [5, 5.41) is 4.42. The van der Waals surface area contributed by atoms with Crippen molar-refractivity contribution in [2.45, 2.75) is 25.8 Å². The van der Waals surface area contributed by atoms with Gasteiger partial charge in [0.2, 0.25) is 0 Å². The Bertz CT molecular complexity index is 275. The van der Waals surface area contributed by atoms with Crippen LogP contribution in [0.3, 0.4) is 0 Å². The van der Waals surface area contributed by atoms with Crippen LogP contribution in [0.25, 0.3) is 0 Å². The Morgan fingerprint density at radius 1 is 1.50 bits per heavy atom. The van der Waals surface area contributed by atoms with Crippen molar-refractivity contribution < 1.29 is 0 Å². The van der Waals surface area contributed by atoms with Crippen LogP contribution < -0.4 is 5.73 Å². The summed E-state index contributed by atoms with van der Waals surface area (Å²) in [6, 6.07) is 2.23. The van der Waals surface area contributed by atoms with Gasteiger partial charge in [-0.2, -0.15) is 11.3 Å². The fourth-order valence-corrected chi connectivity index (χ4v) is 3.07. The Balaban J connectivity index is 0.00000128. The maximum absolute atomic E-state index is 5.62. The molecule has 0 spiro atoms. The van der Waals surface area contributed by atoms with Gasteiger partial charge in [-0.1, -0.05) is 0 Å². The zero-order valence-electron chi connectivity index (χ0n) is 9.60. The largest absolute Gasteiger partial charge is 0.330 e. The van der Waals surface area contributed by atoms with E-state index in [4.69, 9.17) is 5.73 Å². The maximum Gasteiger partial charge on any atom is 0.0242 e. The van der Waals surface area contributed by atoms with Crippen LogP contribution in [0, 0.1) is 5.92 Å². The van der Waals surface area contributed by atoms with E-state index in [0.717, 1.165) is 19.0 Å². The van der Waals surface area contributed by atoms with Crippen LogP contribution in [0.15, 0.2) is 16.8 Å². The number of hydrogen-bond acceptors (Lipinski definition) is 3. The molecule has 2 nitrogen and oxygen atoms in total. The molecule has 1 atom stereocenters. The monoisotopic (exact) mass is 260 g/mol. The first-order valence-corrected chi connectivity index (χ1v) is 6.76. The SMILES string of the molecule is Cl.NCCC1CCCN(Cc2ccsc2)C1. The number of piperidine rings is 1. The molecule has 92 valence electrons. The number of nitrogens with zero attached hydrogens (tertiary/aromatic N) is 1. The van der Waals surface area contributed by atoms with Gasteiger partial charge in [0.15, 0.2) is 0 Å². The molecule has 2 rings (SSSR count). The second-order valence-corrected chi connectivity index (χ2v) is 5.23. The topological polar surface area (TPSA) is 29.3 Å². The quantitative estimate of drug-likeness (QED) is 0.902. The van der Waals surface area contributed by atoms with E-state index in [-0.39, 0.29) is 12.4 Å². The summed E-state index contributed by atoms with van der Waals surface area (Å²) in [6.45, 7) is 4.48. The summed E-state index contributed by atoms with van der Waals surface area (Å²) in [5.41, 5.74) is 7.09. The molecule has 1 saturated heterocycles. The van der Waals surface area contributed by atoms with Crippen molar-refractivity contribution in [3.8, 4) is 0 Å². The summed E-state index contributed by atoms with van der Waals surface area (Å²) in [7, 11) is 0. The Labute approximate surface area is 108 Å². The lowest BCUT2D eigenvalue weighted by molar-refractivity contribution is 0.163. The van der Waals surface area contributed by atoms with E-state index >= 15 is 0 Å². The van der Waals surface area contributed by atoms with Gasteiger partial charge in [-0.15, -0.1) is 12.4 Å². The van der Waals surface area contributed by atoms with Crippen molar-refractivity contribution in [1.82, 2.24) is 4.90 Å². The van der Waals surface area contributed by atoms with Crippen molar-refractivity contribution in [1.29, 1.82) is 0 Å². The first-order chi connectivity index (χ1) is 7.38. The zero-order valence-corrected chi connectivity index (χ0v) is 11.2. The average Bonchev–Trinajstić information content (AvgIpc) is 2.71. The Morgan fingerprint density at radius 3 is 3.06 bits per heavy atom. The van der Waals surface area contributed by atoms with Gasteiger partial charge < -0.3 is 5.73 Å². The maximum atomic E-state index is 5.62. The third-order valence-electron chi connectivity index (χ3n) is 3.16. The van der Waals surface area contributed by atoms with Crippen LogP contribution in [-0.4, -0.2) is 24.5 Å². The molecule has 0 aromatic carbocycles. The molecule has 1 unspecified atom stereocenters. The summed E-state index contributed by atoms with van der Waals surface area (Å²) in [6.07, 6.45) is 3.91. The van der Waals surface area contributed by atoms with Gasteiger partial charge in [0, 0.05) is 13.1 Å². The van der Waals surface area contributed by atoms with Crippen LogP contribution in [0.2, 0.25) is 0 Å². The third-order valence-corrected chi connectivity index (χ3v) is 3.90. The fraction of sp³-hybridized carbons (Fsp3) is 0.667. The lowest BCUT2D eigenvalue weighted by Gasteiger charge is -2.32. The van der Waals surface area contributed by atoms with Crippen molar-refractivity contribution in [2.24, 2.45) is 11.7 Å². The van der Waals surface area contributed by atoms with Gasteiger partial charge in [-0.3, -0.25) is 4.90 Å². The smallest absolute Gasteiger partial charge is 0.0242 e. The predicted molar refractivity (Wildman–Crippen MR) is 73.2 cm³/mol. The van der Waals surface area contributed by atoms with Gasteiger partial charge >= 0.3 is 0 Å². The number of halogens is 1. The van der Waals surface area contributed by atoms with Crippen molar-refractivity contribution in [3.05, 3.63) is 22.4 Å². The van der Waals surface area contributed by atoms with E-state index < -0.39 is 0 Å². The third kappa shape index (κ3) is 4.06. The van der Waals surface area contributed by atoms with Gasteiger partial charge in [-0.25, -0.2) is 0 Å². The van der Waals surface area contributed by atoms with Crippen LogP contribution in [0.4, 0.5) is 0 Å². The number of hydrogen-bond donors (Lipinski definition) is 1. The van der Waals surface area contributed by atoms with Crippen molar-refractivity contribution >= 4 is 23.7 Å². The summed E-state index contributed by atoms with van der Waals surface area (Å²) >= 11 is 1.79. The molecule has 1 aromatic heterocycles. The molecule has 1 aromatic rings. The van der Waals surface area contributed by atoms with E-state index in [1.807, 2.05) is 0 Å². The minimum atomic E-state index is 0. The molecule has 0 amide bonds. The summed E-state index contributed by atoms with van der Waals surface area (Å²) in [5.74, 6) is 0.836. The van der Waals surface area contributed by atoms with Crippen molar-refractivity contribution in [2.75, 3.05) is 19.6 Å². The first-order valence-electron chi connectivity index (χ1n) is 5.82. The minimum Gasteiger partial charge on any atom is -0.330 e. The molecule has 2 heterocycles. The molecule has 0 saturated carbocycles. The molecule has 4 heteroatoms. The lowest BCUT2D eigenvalue weighted by atomic mass is 9.95. The second-order valence-electron chi connectivity index (χ2n) is 4.45. The Hall–Kier alpha value is -0.0900. The van der Waals surface area contributed by atoms with Crippen LogP contribution in [0.1, 0.15) is 24.8 Å². The highest BCUT2D eigenvalue weighted by Crippen LogP contribution is 2.21. The first kappa shape index (κ1) is 14.0. The molecular formula is C12H21ClN2S. The van der Waals surface area contributed by atoms with Crippen LogP contribution in [-0.2, 0) is 6.54 Å². The predicted octanol–water partition coefficient (Wildman–Crippen LogP) is 2.73. The Morgan fingerprint density at radius 2 is 2.38 bits per heavy atom. The van der Waals surface area contributed by atoms with Gasteiger partial charge in [0.05, 0.1) is 0 Å². The van der Waals surface area contributed by atoms with E-state index in [1.54, 1.807) is 11.3 Å². The van der Waals surface area contributed by atoms with E-state index in [1.165, 1.54) is 37.9 Å². The number of likely N-dealkylation sites (tertiary alicyclic amines) is 1. The molecule has 0 bridgehead atoms. The molecule has 1 aliphatic rings. The molecule has 0 radical (unpaired) electrons. The number of thiophene rings is 1. The van der Waals surface area contributed by atoms with Crippen LogP contribution >= 0.6 is 23.7 Å². The highest BCUT2D eigenvalue weighted by Gasteiger charge is 2.19. The van der Waals surface area contributed by atoms with Gasteiger partial charge in [0.1, 0.15) is 0 Å². The fourth-order valence-electron chi connectivity index (χ4n) is 2.41. The molecule has 16 heavy (non-hydrogen) atoms. The minimum absolute atomic E-state index is 0. The standard InChI is InChI=1S/C12H20N2S.ClH/c13-5-3-11-2-1-6-14(8-11)9-12-4-7-15-10-12;/h4,7,10-11H,1-3,5-6,8-9,13H2;1H. The summed E-state index contributed by atoms with van der Waals surface area (Å²) in [4.78, 5) is 2.58. The normalized spacial score (nSPS) is 21.7. The summed E-state index contributed by atoms with van der Waals surface area (Å²) < 4.78 is 0. The molecule has 0 aliphatic carbocycles. The zero-order chi connectivity index (χ0) is 10.5.